The van der Waals surface area contributed by atoms with Gasteiger partial charge >= 0.3 is 0 Å². The average Bonchev–Trinajstić information content (AvgIpc) is 3.38. The standard InChI is InChI=1S/C31H28BrClN4O3S/c1-18-10-12-19(13-11-18)16-40-29-22(32)14-21(15-26(29)39-2)28-27-24(8-5-9-25(27)38)34-30-35-31(36-37(28)30)41-17-20-6-3-4-7-23(20)33/h3-4,6-7,10-15,28H,5,8-9,16-17H2,1-2H3,(H,34,35,36). The molecule has 0 bridgehead atoms. The lowest BCUT2D eigenvalue weighted by atomic mass is 9.85. The largest absolute Gasteiger partial charge is 0.493 e. The Morgan fingerprint density at radius 2 is 1.95 bits per heavy atom. The molecule has 1 atom stereocenters. The number of allylic oxidation sites excluding steroid dienone is 2. The number of aromatic nitrogens is 3. The molecule has 0 amide bonds. The Balaban J connectivity index is 1.34. The molecule has 0 fully saturated rings. The van der Waals surface area contributed by atoms with E-state index in [2.05, 4.69) is 52.4 Å². The van der Waals surface area contributed by atoms with Crippen LogP contribution >= 0.6 is 39.3 Å². The van der Waals surface area contributed by atoms with Crippen LogP contribution in [0.1, 0.15) is 47.6 Å². The fourth-order valence-corrected chi connectivity index (χ4v) is 6.83. The molecule has 7 nitrogen and oxygen atoms in total. The van der Waals surface area contributed by atoms with Crippen molar-refractivity contribution < 1.29 is 14.3 Å². The highest BCUT2D eigenvalue weighted by Crippen LogP contribution is 2.45. The van der Waals surface area contributed by atoms with Crippen LogP contribution < -0.4 is 14.8 Å². The lowest BCUT2D eigenvalue weighted by Gasteiger charge is -2.32. The van der Waals surface area contributed by atoms with Gasteiger partial charge in [0.15, 0.2) is 17.3 Å². The summed E-state index contributed by atoms with van der Waals surface area (Å²) >= 11 is 11.6. The first-order valence-corrected chi connectivity index (χ1v) is 15.5. The summed E-state index contributed by atoms with van der Waals surface area (Å²) in [7, 11) is 1.62. The second kappa shape index (κ2) is 11.9. The van der Waals surface area contributed by atoms with Gasteiger partial charge < -0.3 is 14.8 Å². The third-order valence-electron chi connectivity index (χ3n) is 7.23. The molecule has 210 valence electrons. The van der Waals surface area contributed by atoms with E-state index in [1.54, 1.807) is 7.11 Å². The predicted octanol–water partition coefficient (Wildman–Crippen LogP) is 7.90. The van der Waals surface area contributed by atoms with Crippen molar-refractivity contribution in [2.45, 2.75) is 49.7 Å². The van der Waals surface area contributed by atoms with Crippen molar-refractivity contribution >= 4 is 51.0 Å². The summed E-state index contributed by atoms with van der Waals surface area (Å²) in [5.41, 5.74) is 5.75. The quantitative estimate of drug-likeness (QED) is 0.194. The van der Waals surface area contributed by atoms with Crippen molar-refractivity contribution in [3.05, 3.63) is 104 Å². The molecule has 0 saturated carbocycles. The SMILES string of the molecule is COc1cc(C2C3=C(CCCC3=O)Nc3nc(SCc4ccccc4Cl)nn32)cc(Br)c1OCc1ccc(C)cc1. The Kier molecular flexibility index (Phi) is 8.10. The summed E-state index contributed by atoms with van der Waals surface area (Å²) in [6.07, 6.45) is 2.09. The van der Waals surface area contributed by atoms with E-state index in [0.29, 0.717) is 46.4 Å². The van der Waals surface area contributed by atoms with Gasteiger partial charge in [0, 0.05) is 28.5 Å². The first-order chi connectivity index (χ1) is 19.9. The van der Waals surface area contributed by atoms with E-state index in [4.69, 9.17) is 31.2 Å². The highest BCUT2D eigenvalue weighted by atomic mass is 79.9. The van der Waals surface area contributed by atoms with E-state index in [0.717, 1.165) is 45.3 Å². The predicted molar refractivity (Wildman–Crippen MR) is 165 cm³/mol. The highest BCUT2D eigenvalue weighted by Gasteiger charge is 2.37. The smallest absolute Gasteiger partial charge is 0.227 e. The number of hydrogen-bond donors (Lipinski definition) is 1. The molecule has 4 aromatic rings. The van der Waals surface area contributed by atoms with Crippen LogP contribution in [0.3, 0.4) is 0 Å². The number of ketones is 1. The van der Waals surface area contributed by atoms with Gasteiger partial charge in [0.25, 0.3) is 0 Å². The van der Waals surface area contributed by atoms with Gasteiger partial charge in [-0.2, -0.15) is 4.98 Å². The second-order valence-corrected chi connectivity index (χ2v) is 12.3. The molecule has 1 aromatic heterocycles. The fourth-order valence-electron chi connectivity index (χ4n) is 5.14. The van der Waals surface area contributed by atoms with Gasteiger partial charge in [-0.05, 0) is 70.6 Å². The van der Waals surface area contributed by atoms with E-state index >= 15 is 0 Å². The first-order valence-electron chi connectivity index (χ1n) is 13.3. The van der Waals surface area contributed by atoms with Crippen molar-refractivity contribution in [3.8, 4) is 11.5 Å². The molecule has 0 saturated heterocycles. The minimum atomic E-state index is -0.451. The summed E-state index contributed by atoms with van der Waals surface area (Å²) < 4.78 is 14.5. The van der Waals surface area contributed by atoms with Gasteiger partial charge in [0.2, 0.25) is 11.1 Å². The van der Waals surface area contributed by atoms with Crippen molar-refractivity contribution in [2.75, 3.05) is 12.4 Å². The first kappa shape index (κ1) is 27.9. The number of hydrogen-bond acceptors (Lipinski definition) is 7. The second-order valence-electron chi connectivity index (χ2n) is 10.0. The lowest BCUT2D eigenvalue weighted by molar-refractivity contribution is -0.116. The Bertz CT molecular complexity index is 1650. The molecule has 1 aliphatic heterocycles. The molecule has 1 aliphatic carbocycles. The minimum absolute atomic E-state index is 0.116. The number of carbonyl (C=O) groups excluding carboxylic acids is 1. The number of carbonyl (C=O) groups is 1. The maximum atomic E-state index is 13.3. The van der Waals surface area contributed by atoms with Gasteiger partial charge in [0.05, 0.1) is 11.6 Å². The van der Waals surface area contributed by atoms with Crippen LogP contribution in [0.25, 0.3) is 0 Å². The van der Waals surface area contributed by atoms with Crippen LogP contribution in [0.5, 0.6) is 11.5 Å². The van der Waals surface area contributed by atoms with E-state index in [-0.39, 0.29) is 5.78 Å². The van der Waals surface area contributed by atoms with Crippen LogP contribution in [0.15, 0.2) is 81.6 Å². The van der Waals surface area contributed by atoms with Crippen LogP contribution in [0.2, 0.25) is 5.02 Å². The zero-order valence-corrected chi connectivity index (χ0v) is 25.8. The van der Waals surface area contributed by atoms with Crippen molar-refractivity contribution in [1.29, 1.82) is 0 Å². The van der Waals surface area contributed by atoms with Gasteiger partial charge in [-0.25, -0.2) is 4.68 Å². The fraction of sp³-hybridized carbons (Fsp3) is 0.258. The molecule has 1 N–H and O–H groups in total. The van der Waals surface area contributed by atoms with Crippen molar-refractivity contribution in [2.24, 2.45) is 0 Å². The summed E-state index contributed by atoms with van der Waals surface area (Å²) in [5.74, 6) is 2.53. The number of Topliss-reactive ketones (excluding diaryl/α,β-unsaturated/α-hetero) is 1. The van der Waals surface area contributed by atoms with E-state index in [9.17, 15) is 4.79 Å². The maximum Gasteiger partial charge on any atom is 0.227 e. The molecule has 2 heterocycles. The molecule has 6 rings (SSSR count). The molecular formula is C31H28BrClN4O3S. The van der Waals surface area contributed by atoms with Crippen molar-refractivity contribution in [1.82, 2.24) is 14.8 Å². The molecule has 0 spiro atoms. The van der Waals surface area contributed by atoms with Crippen LogP contribution in [-0.2, 0) is 17.2 Å². The number of thioether (sulfide) groups is 1. The number of methoxy groups -OCH3 is 1. The van der Waals surface area contributed by atoms with E-state index in [1.165, 1.54) is 17.3 Å². The van der Waals surface area contributed by atoms with Gasteiger partial charge in [0.1, 0.15) is 12.6 Å². The molecule has 41 heavy (non-hydrogen) atoms. The normalized spacial score (nSPS) is 16.2. The van der Waals surface area contributed by atoms with E-state index < -0.39 is 6.04 Å². The summed E-state index contributed by atoms with van der Waals surface area (Å²) in [4.78, 5) is 18.1. The number of halogens is 2. The van der Waals surface area contributed by atoms with Crippen LogP contribution in [0.4, 0.5) is 5.95 Å². The van der Waals surface area contributed by atoms with Crippen LogP contribution in [-0.4, -0.2) is 27.7 Å². The summed E-state index contributed by atoms with van der Waals surface area (Å²) in [6, 6.07) is 19.4. The molecule has 0 radical (unpaired) electrons. The molecular weight excluding hydrogens is 624 g/mol. The molecule has 1 unspecified atom stereocenters. The van der Waals surface area contributed by atoms with Gasteiger partial charge in [-0.15, -0.1) is 5.10 Å². The topological polar surface area (TPSA) is 78.3 Å². The lowest BCUT2D eigenvalue weighted by Crippen LogP contribution is -2.31. The Morgan fingerprint density at radius 1 is 1.15 bits per heavy atom. The zero-order chi connectivity index (χ0) is 28.5. The van der Waals surface area contributed by atoms with Crippen LogP contribution in [0, 0.1) is 6.92 Å². The number of nitrogens with zero attached hydrogens (tertiary/aromatic N) is 3. The molecule has 2 aliphatic rings. The maximum absolute atomic E-state index is 13.3. The number of nitrogens with one attached hydrogen (secondary N) is 1. The summed E-state index contributed by atoms with van der Waals surface area (Å²) in [6.45, 7) is 2.46. The van der Waals surface area contributed by atoms with Crippen molar-refractivity contribution in [3.63, 3.8) is 0 Å². The number of aryl methyl sites for hydroxylation is 1. The average molecular weight is 652 g/mol. The Morgan fingerprint density at radius 3 is 2.73 bits per heavy atom. The highest BCUT2D eigenvalue weighted by molar-refractivity contribution is 9.10. The third kappa shape index (κ3) is 5.76. The monoisotopic (exact) mass is 650 g/mol. The summed E-state index contributed by atoms with van der Waals surface area (Å²) in [5, 5.41) is 9.57. The number of fused-ring (bicyclic) bond motifs is 1. The number of rotatable bonds is 8. The molecule has 3 aromatic carbocycles. The third-order valence-corrected chi connectivity index (χ3v) is 9.08. The Labute approximate surface area is 256 Å². The Hall–Kier alpha value is -3.27. The van der Waals surface area contributed by atoms with Gasteiger partial charge in [-0.1, -0.05) is 71.4 Å². The van der Waals surface area contributed by atoms with Gasteiger partial charge in [-0.3, -0.25) is 4.79 Å². The minimum Gasteiger partial charge on any atom is -0.493 e. The number of benzene rings is 3. The number of ether oxygens (including phenoxy) is 2. The zero-order valence-electron chi connectivity index (χ0n) is 22.6. The molecule has 10 heteroatoms. The van der Waals surface area contributed by atoms with E-state index in [1.807, 2.05) is 41.1 Å². The number of anilines is 1.